The second-order valence-corrected chi connectivity index (χ2v) is 6.02. The maximum atomic E-state index is 13.0. The van der Waals surface area contributed by atoms with Crippen molar-refractivity contribution in [1.82, 2.24) is 5.32 Å². The Hall–Kier alpha value is -2.79. The summed E-state index contributed by atoms with van der Waals surface area (Å²) in [5.74, 6) is -1.06. The molecule has 1 aliphatic rings. The Morgan fingerprint density at radius 3 is 2.36 bits per heavy atom. The zero-order chi connectivity index (χ0) is 17.8. The number of benzene rings is 2. The molecule has 25 heavy (non-hydrogen) atoms. The quantitative estimate of drug-likeness (QED) is 0.650. The lowest BCUT2D eigenvalue weighted by atomic mass is 9.97. The van der Waals surface area contributed by atoms with Crippen LogP contribution in [0.3, 0.4) is 0 Å². The number of amides is 1. The summed E-state index contributed by atoms with van der Waals surface area (Å²) in [6.07, 6.45) is 4.36. The maximum Gasteiger partial charge on any atom is 0.252 e. The van der Waals surface area contributed by atoms with E-state index in [2.05, 4.69) is 5.32 Å². The SMILES string of the molecule is O=C(N[C@@H]1C=C[C@H](CO)C1)c1ccccc1C(=O)c1ccc(F)cc1. The van der Waals surface area contributed by atoms with E-state index in [1.165, 1.54) is 24.3 Å². The number of rotatable bonds is 5. The van der Waals surface area contributed by atoms with Crippen LogP contribution >= 0.6 is 0 Å². The number of carbonyl (C=O) groups is 2. The molecule has 0 heterocycles. The van der Waals surface area contributed by atoms with Crippen molar-refractivity contribution in [3.05, 3.63) is 83.2 Å². The van der Waals surface area contributed by atoms with Crippen LogP contribution in [-0.4, -0.2) is 29.4 Å². The van der Waals surface area contributed by atoms with Crippen LogP contribution in [0, 0.1) is 11.7 Å². The van der Waals surface area contributed by atoms with Crippen molar-refractivity contribution in [2.75, 3.05) is 6.61 Å². The predicted octanol–water partition coefficient (Wildman–Crippen LogP) is 2.72. The maximum absolute atomic E-state index is 13.0. The topological polar surface area (TPSA) is 66.4 Å². The van der Waals surface area contributed by atoms with E-state index in [1.54, 1.807) is 24.3 Å². The lowest BCUT2D eigenvalue weighted by Crippen LogP contribution is -2.33. The molecule has 0 spiro atoms. The Kier molecular flexibility index (Phi) is 5.05. The molecular formula is C20H18FNO3. The molecule has 2 atom stereocenters. The summed E-state index contributed by atoms with van der Waals surface area (Å²) in [6.45, 7) is 0.0442. The van der Waals surface area contributed by atoms with Gasteiger partial charge in [-0.25, -0.2) is 4.39 Å². The van der Waals surface area contributed by atoms with Gasteiger partial charge in [0, 0.05) is 29.7 Å². The van der Waals surface area contributed by atoms with Gasteiger partial charge >= 0.3 is 0 Å². The fraction of sp³-hybridized carbons (Fsp3) is 0.200. The van der Waals surface area contributed by atoms with Gasteiger partial charge in [0.2, 0.25) is 0 Å². The molecule has 2 aromatic rings. The smallest absolute Gasteiger partial charge is 0.252 e. The molecule has 0 aromatic heterocycles. The molecule has 4 nitrogen and oxygen atoms in total. The zero-order valence-electron chi connectivity index (χ0n) is 13.5. The molecule has 0 fully saturated rings. The third-order valence-corrected chi connectivity index (χ3v) is 4.25. The van der Waals surface area contributed by atoms with Crippen molar-refractivity contribution in [2.45, 2.75) is 12.5 Å². The van der Waals surface area contributed by atoms with Crippen molar-refractivity contribution >= 4 is 11.7 Å². The van der Waals surface area contributed by atoms with Crippen LogP contribution in [0.15, 0.2) is 60.7 Å². The number of hydrogen-bond donors (Lipinski definition) is 2. The highest BCUT2D eigenvalue weighted by molar-refractivity contribution is 6.15. The second kappa shape index (κ2) is 7.40. The highest BCUT2D eigenvalue weighted by Gasteiger charge is 2.23. The van der Waals surface area contributed by atoms with Gasteiger partial charge in [0.1, 0.15) is 5.82 Å². The standard InChI is InChI=1S/C20H18FNO3/c21-15-8-6-14(7-9-15)19(24)17-3-1-2-4-18(17)20(25)22-16-10-5-13(11-16)12-23/h1-10,13,16,23H,11-12H2,(H,22,25)/t13-,16+/m0/s1. The average Bonchev–Trinajstić information content (AvgIpc) is 3.09. The van der Waals surface area contributed by atoms with Crippen LogP contribution in [0.25, 0.3) is 0 Å². The third kappa shape index (κ3) is 3.83. The van der Waals surface area contributed by atoms with Crippen molar-refractivity contribution in [3.8, 4) is 0 Å². The molecule has 5 heteroatoms. The van der Waals surface area contributed by atoms with E-state index in [9.17, 15) is 14.0 Å². The number of carbonyl (C=O) groups excluding carboxylic acids is 2. The van der Waals surface area contributed by atoms with Crippen LogP contribution in [-0.2, 0) is 0 Å². The van der Waals surface area contributed by atoms with Crippen molar-refractivity contribution < 1.29 is 19.1 Å². The number of hydrogen-bond acceptors (Lipinski definition) is 3. The molecule has 0 unspecified atom stereocenters. The van der Waals surface area contributed by atoms with Crippen LogP contribution in [0.5, 0.6) is 0 Å². The number of aliphatic hydroxyl groups is 1. The molecular weight excluding hydrogens is 321 g/mol. The fourth-order valence-electron chi connectivity index (χ4n) is 2.90. The lowest BCUT2D eigenvalue weighted by molar-refractivity contribution is 0.0930. The Labute approximate surface area is 145 Å². The van der Waals surface area contributed by atoms with E-state index in [1.807, 2.05) is 12.2 Å². The number of aliphatic hydroxyl groups excluding tert-OH is 1. The van der Waals surface area contributed by atoms with Gasteiger partial charge < -0.3 is 10.4 Å². The van der Waals surface area contributed by atoms with Gasteiger partial charge in [0.05, 0.1) is 5.56 Å². The summed E-state index contributed by atoms with van der Waals surface area (Å²) >= 11 is 0. The van der Waals surface area contributed by atoms with Crippen molar-refractivity contribution in [2.24, 2.45) is 5.92 Å². The molecule has 2 aromatic carbocycles. The minimum Gasteiger partial charge on any atom is -0.396 e. The summed E-state index contributed by atoms with van der Waals surface area (Å²) < 4.78 is 13.0. The summed E-state index contributed by atoms with van der Waals surface area (Å²) in [6, 6.07) is 11.6. The molecule has 0 saturated heterocycles. The molecule has 0 aliphatic heterocycles. The normalized spacial score (nSPS) is 19.0. The van der Waals surface area contributed by atoms with Gasteiger partial charge in [0.25, 0.3) is 5.91 Å². The van der Waals surface area contributed by atoms with Gasteiger partial charge in [-0.05, 0) is 36.8 Å². The van der Waals surface area contributed by atoms with Gasteiger partial charge in [-0.3, -0.25) is 9.59 Å². The molecule has 3 rings (SSSR count). The Bertz CT molecular complexity index is 814. The van der Waals surface area contributed by atoms with Crippen LogP contribution in [0.1, 0.15) is 32.7 Å². The fourth-order valence-corrected chi connectivity index (χ4v) is 2.90. The lowest BCUT2D eigenvalue weighted by Gasteiger charge is -2.14. The summed E-state index contributed by atoms with van der Waals surface area (Å²) in [5, 5.41) is 12.0. The van der Waals surface area contributed by atoms with E-state index in [0.717, 1.165) is 0 Å². The zero-order valence-corrected chi connectivity index (χ0v) is 13.5. The van der Waals surface area contributed by atoms with E-state index in [-0.39, 0.29) is 41.4 Å². The number of halogens is 1. The van der Waals surface area contributed by atoms with Crippen LogP contribution < -0.4 is 5.32 Å². The van der Waals surface area contributed by atoms with Gasteiger partial charge in [-0.15, -0.1) is 0 Å². The average molecular weight is 339 g/mol. The van der Waals surface area contributed by atoms with E-state index in [0.29, 0.717) is 12.0 Å². The van der Waals surface area contributed by atoms with Crippen molar-refractivity contribution in [1.29, 1.82) is 0 Å². The van der Waals surface area contributed by atoms with Gasteiger partial charge in [-0.2, -0.15) is 0 Å². The summed E-state index contributed by atoms with van der Waals surface area (Å²) in [7, 11) is 0. The highest BCUT2D eigenvalue weighted by Crippen LogP contribution is 2.19. The van der Waals surface area contributed by atoms with Gasteiger partial charge in [-0.1, -0.05) is 30.4 Å². The first-order chi connectivity index (χ1) is 12.1. The first-order valence-electron chi connectivity index (χ1n) is 8.08. The molecule has 0 radical (unpaired) electrons. The Morgan fingerprint density at radius 1 is 1.04 bits per heavy atom. The molecule has 0 saturated carbocycles. The largest absolute Gasteiger partial charge is 0.396 e. The van der Waals surface area contributed by atoms with Crippen molar-refractivity contribution in [3.63, 3.8) is 0 Å². The van der Waals surface area contributed by atoms with E-state index in [4.69, 9.17) is 5.11 Å². The first kappa shape index (κ1) is 17.0. The summed E-state index contributed by atoms with van der Waals surface area (Å²) in [4.78, 5) is 25.3. The Balaban J connectivity index is 1.81. The summed E-state index contributed by atoms with van der Waals surface area (Å²) in [5.41, 5.74) is 0.868. The Morgan fingerprint density at radius 2 is 1.72 bits per heavy atom. The van der Waals surface area contributed by atoms with Crippen LogP contribution in [0.4, 0.5) is 4.39 Å². The minimum absolute atomic E-state index is 0.0430. The molecule has 1 aliphatic carbocycles. The second-order valence-electron chi connectivity index (χ2n) is 6.02. The predicted molar refractivity (Wildman–Crippen MR) is 91.9 cm³/mol. The molecule has 2 N–H and O–H groups in total. The molecule has 1 amide bonds. The minimum atomic E-state index is -0.422. The monoisotopic (exact) mass is 339 g/mol. The molecule has 0 bridgehead atoms. The van der Waals surface area contributed by atoms with E-state index < -0.39 is 5.82 Å². The highest BCUT2D eigenvalue weighted by atomic mass is 19.1. The van der Waals surface area contributed by atoms with Gasteiger partial charge in [0.15, 0.2) is 5.78 Å². The number of ketones is 1. The van der Waals surface area contributed by atoms with E-state index >= 15 is 0 Å². The first-order valence-corrected chi connectivity index (χ1v) is 8.08. The van der Waals surface area contributed by atoms with Crippen LogP contribution in [0.2, 0.25) is 0 Å². The molecule has 128 valence electrons. The number of nitrogens with one attached hydrogen (secondary N) is 1. The third-order valence-electron chi connectivity index (χ3n) is 4.25.